The molecular weight excluding hydrogens is 340 g/mol. The van der Waals surface area contributed by atoms with Crippen molar-refractivity contribution in [2.45, 2.75) is 24.7 Å². The summed E-state index contributed by atoms with van der Waals surface area (Å²) in [6, 6.07) is 0. The van der Waals surface area contributed by atoms with Gasteiger partial charge >= 0.3 is 17.6 Å². The van der Waals surface area contributed by atoms with Gasteiger partial charge in [0.15, 0.2) is 0 Å². The van der Waals surface area contributed by atoms with E-state index in [1.54, 1.807) is 0 Å². The third-order valence-corrected chi connectivity index (χ3v) is 4.07. The van der Waals surface area contributed by atoms with Crippen molar-refractivity contribution in [3.63, 3.8) is 0 Å². The minimum absolute atomic E-state index is 0.0965. The highest BCUT2D eigenvalue weighted by Crippen LogP contribution is 2.42. The van der Waals surface area contributed by atoms with Gasteiger partial charge in [0.05, 0.1) is 43.5 Å². The predicted octanol–water partition coefficient (Wildman–Crippen LogP) is -0.310. The van der Waals surface area contributed by atoms with Crippen molar-refractivity contribution in [1.82, 2.24) is 4.57 Å². The number of rotatable bonds is 5. The molecule has 3 unspecified atom stereocenters. The van der Waals surface area contributed by atoms with Gasteiger partial charge in [0.25, 0.3) is 0 Å². The number of hydrogen-bond donors (Lipinski definition) is 2. The topological polar surface area (TPSA) is 150 Å². The van der Waals surface area contributed by atoms with Gasteiger partial charge in [-0.2, -0.15) is 0 Å². The average molecular weight is 358 g/mol. The van der Waals surface area contributed by atoms with Gasteiger partial charge < -0.3 is 29.0 Å². The molecule has 0 aromatic carbocycles. The second kappa shape index (κ2) is 7.17. The first-order chi connectivity index (χ1) is 11.8. The molecule has 1 aromatic heterocycles. The summed E-state index contributed by atoms with van der Waals surface area (Å²) in [6.07, 6.45) is -3.22. The molecule has 1 aliphatic heterocycles. The average Bonchev–Trinajstić information content (AvgIpc) is 3.10. The van der Waals surface area contributed by atoms with Crippen LogP contribution in [0.2, 0.25) is 0 Å². The van der Waals surface area contributed by atoms with Crippen LogP contribution < -0.4 is 0 Å². The maximum Gasteiger partial charge on any atom is 0.361 e. The number of carbonyl (C=O) groups excluding carboxylic acids is 2. The molecule has 11 nitrogen and oxygen atoms in total. The van der Waals surface area contributed by atoms with Crippen molar-refractivity contribution in [3.05, 3.63) is 27.1 Å². The number of nitro groups is 1. The van der Waals surface area contributed by atoms with E-state index in [1.807, 2.05) is 0 Å². The monoisotopic (exact) mass is 358 g/mol. The molecular formula is C14H18N2O9. The summed E-state index contributed by atoms with van der Waals surface area (Å²) in [5.74, 6) is -1.93. The highest BCUT2D eigenvalue weighted by atomic mass is 16.6. The Balaban J connectivity index is 2.73. The summed E-state index contributed by atoms with van der Waals surface area (Å²) in [5.41, 5.74) is -1.57. The van der Waals surface area contributed by atoms with Crippen molar-refractivity contribution in [1.29, 1.82) is 0 Å². The van der Waals surface area contributed by atoms with Crippen LogP contribution in [0.1, 0.15) is 39.1 Å². The number of carbonyl (C=O) groups is 2. The van der Waals surface area contributed by atoms with Crippen molar-refractivity contribution in [2.75, 3.05) is 20.8 Å². The molecule has 3 atom stereocenters. The van der Waals surface area contributed by atoms with Crippen molar-refractivity contribution < 1.29 is 38.9 Å². The summed E-state index contributed by atoms with van der Waals surface area (Å²) < 4.78 is 15.7. The SMILES string of the molecule is COC(=O)c1c(C2CC(O)C(CO)O2)c([N+](=O)[O-])c(C(=O)OC)n1C. The number of ether oxygens (including phenoxy) is 3. The second-order valence-electron chi connectivity index (χ2n) is 5.41. The number of aliphatic hydroxyl groups is 2. The van der Waals surface area contributed by atoms with Gasteiger partial charge in [-0.1, -0.05) is 0 Å². The van der Waals surface area contributed by atoms with Crippen LogP contribution in [0.4, 0.5) is 5.69 Å². The Morgan fingerprint density at radius 3 is 2.32 bits per heavy atom. The Morgan fingerprint density at radius 1 is 1.32 bits per heavy atom. The lowest BCUT2D eigenvalue weighted by Gasteiger charge is -2.12. The van der Waals surface area contributed by atoms with E-state index in [0.29, 0.717) is 0 Å². The lowest BCUT2D eigenvalue weighted by molar-refractivity contribution is -0.386. The maximum atomic E-state index is 12.2. The molecule has 138 valence electrons. The van der Waals surface area contributed by atoms with Gasteiger partial charge in [0, 0.05) is 13.5 Å². The molecule has 0 saturated carbocycles. The van der Waals surface area contributed by atoms with Gasteiger partial charge in [0.1, 0.15) is 11.8 Å². The van der Waals surface area contributed by atoms with Gasteiger partial charge in [0.2, 0.25) is 5.69 Å². The number of esters is 2. The summed E-state index contributed by atoms with van der Waals surface area (Å²) in [4.78, 5) is 34.9. The molecule has 1 fully saturated rings. The van der Waals surface area contributed by atoms with Crippen molar-refractivity contribution in [3.8, 4) is 0 Å². The fourth-order valence-corrected chi connectivity index (χ4v) is 2.93. The van der Waals surface area contributed by atoms with Crippen molar-refractivity contribution in [2.24, 2.45) is 7.05 Å². The Hall–Kier alpha value is -2.50. The first-order valence-corrected chi connectivity index (χ1v) is 7.26. The van der Waals surface area contributed by atoms with E-state index in [2.05, 4.69) is 9.47 Å². The highest BCUT2D eigenvalue weighted by Gasteiger charge is 2.45. The standard InChI is InChI=1S/C14H18N2O9/c1-15-11(13(19)23-2)9(7-4-6(18)8(5-17)25-7)10(16(21)22)12(15)14(20)24-3/h6-8,17-18H,4-5H2,1-3H3. The van der Waals surface area contributed by atoms with Crippen LogP contribution in [0, 0.1) is 10.1 Å². The van der Waals surface area contributed by atoms with Crippen LogP contribution in [0.15, 0.2) is 0 Å². The minimum atomic E-state index is -1.08. The highest BCUT2D eigenvalue weighted by molar-refractivity contribution is 5.99. The smallest absolute Gasteiger partial charge is 0.361 e. The number of nitrogens with zero attached hydrogens (tertiary/aromatic N) is 2. The Labute approximate surface area is 141 Å². The van der Waals surface area contributed by atoms with E-state index in [4.69, 9.17) is 4.74 Å². The first-order valence-electron chi connectivity index (χ1n) is 7.26. The zero-order valence-electron chi connectivity index (χ0n) is 13.8. The summed E-state index contributed by atoms with van der Waals surface area (Å²) >= 11 is 0. The third kappa shape index (κ3) is 3.08. The van der Waals surface area contributed by atoms with E-state index < -0.39 is 53.2 Å². The quantitative estimate of drug-likeness (QED) is 0.410. The summed E-state index contributed by atoms with van der Waals surface area (Å²) in [7, 11) is 3.42. The largest absolute Gasteiger partial charge is 0.464 e. The molecule has 0 bridgehead atoms. The fourth-order valence-electron chi connectivity index (χ4n) is 2.93. The molecule has 2 N–H and O–H groups in total. The van der Waals surface area contributed by atoms with E-state index in [9.17, 15) is 29.9 Å². The normalized spacial score (nSPS) is 22.7. The first kappa shape index (κ1) is 18.8. The van der Waals surface area contributed by atoms with Gasteiger partial charge in [-0.15, -0.1) is 0 Å². The summed E-state index contributed by atoms with van der Waals surface area (Å²) in [6.45, 7) is -0.504. The van der Waals surface area contributed by atoms with Gasteiger partial charge in [-0.05, 0) is 0 Å². The lowest BCUT2D eigenvalue weighted by Crippen LogP contribution is -2.24. The van der Waals surface area contributed by atoms with E-state index >= 15 is 0 Å². The molecule has 0 aliphatic carbocycles. The minimum Gasteiger partial charge on any atom is -0.464 e. The molecule has 0 radical (unpaired) electrons. The number of hydrogen-bond acceptors (Lipinski definition) is 9. The van der Waals surface area contributed by atoms with Crippen LogP contribution in [-0.4, -0.2) is 64.7 Å². The molecule has 1 saturated heterocycles. The van der Waals surface area contributed by atoms with Crippen LogP contribution in [-0.2, 0) is 21.3 Å². The molecule has 0 spiro atoms. The number of aliphatic hydroxyl groups excluding tert-OH is 2. The fraction of sp³-hybridized carbons (Fsp3) is 0.571. The molecule has 0 amide bonds. The van der Waals surface area contributed by atoms with Crippen LogP contribution in [0.5, 0.6) is 0 Å². The maximum absolute atomic E-state index is 12.2. The molecule has 11 heteroatoms. The zero-order chi connectivity index (χ0) is 18.9. The molecule has 2 heterocycles. The second-order valence-corrected chi connectivity index (χ2v) is 5.41. The van der Waals surface area contributed by atoms with Crippen LogP contribution >= 0.6 is 0 Å². The Morgan fingerprint density at radius 2 is 1.88 bits per heavy atom. The Kier molecular flexibility index (Phi) is 5.40. The Bertz CT molecular complexity index is 712. The molecule has 2 rings (SSSR count). The summed E-state index contributed by atoms with van der Waals surface area (Å²) in [5, 5.41) is 30.7. The molecule has 25 heavy (non-hydrogen) atoms. The van der Waals surface area contributed by atoms with Gasteiger partial charge in [-0.25, -0.2) is 9.59 Å². The third-order valence-electron chi connectivity index (χ3n) is 4.07. The lowest BCUT2D eigenvalue weighted by atomic mass is 10.0. The van der Waals surface area contributed by atoms with Crippen LogP contribution in [0.25, 0.3) is 0 Å². The predicted molar refractivity (Wildman–Crippen MR) is 80.1 cm³/mol. The van der Waals surface area contributed by atoms with E-state index in [0.717, 1.165) is 18.8 Å². The van der Waals surface area contributed by atoms with Crippen molar-refractivity contribution >= 4 is 17.6 Å². The molecule has 1 aliphatic rings. The zero-order valence-corrected chi connectivity index (χ0v) is 13.8. The number of methoxy groups -OCH3 is 2. The van der Waals surface area contributed by atoms with E-state index in [1.165, 1.54) is 7.05 Å². The molecule has 1 aromatic rings. The van der Waals surface area contributed by atoms with Crippen LogP contribution in [0.3, 0.4) is 0 Å². The van der Waals surface area contributed by atoms with E-state index in [-0.39, 0.29) is 17.7 Å². The van der Waals surface area contributed by atoms with Gasteiger partial charge in [-0.3, -0.25) is 10.1 Å². The number of aromatic nitrogens is 1.